The van der Waals surface area contributed by atoms with Gasteiger partial charge in [0.1, 0.15) is 0 Å². The second-order valence-corrected chi connectivity index (χ2v) is 3.85. The number of nitrogens with one attached hydrogen (secondary N) is 4. The fraction of sp³-hybridized carbons (Fsp3) is 0.333. The van der Waals surface area contributed by atoms with Crippen molar-refractivity contribution in [1.29, 1.82) is 0 Å². The molecule has 6 N–H and O–H groups in total. The molecule has 1 aromatic rings. The Balaban J connectivity index is 2.18. The van der Waals surface area contributed by atoms with Gasteiger partial charge >= 0.3 is 0 Å². The summed E-state index contributed by atoms with van der Waals surface area (Å²) < 4.78 is 0. The minimum atomic E-state index is 0.0495. The number of nitrogens with two attached hydrogens (primary N) is 1. The fourth-order valence-corrected chi connectivity index (χ4v) is 1.87. The van der Waals surface area contributed by atoms with Crippen LogP contribution >= 0.6 is 11.6 Å². The molecule has 2 rings (SSSR count). The average molecular weight is 228 g/mol. The summed E-state index contributed by atoms with van der Waals surface area (Å²) >= 11 is 5.94. The molecule has 1 heterocycles. The van der Waals surface area contributed by atoms with E-state index >= 15 is 0 Å². The van der Waals surface area contributed by atoms with Crippen LogP contribution in [-0.4, -0.2) is 12.7 Å². The van der Waals surface area contributed by atoms with E-state index in [1.807, 2.05) is 24.3 Å². The van der Waals surface area contributed by atoms with Crippen molar-refractivity contribution >= 4 is 11.6 Å². The molecule has 0 aliphatic carbocycles. The highest BCUT2D eigenvalue weighted by Gasteiger charge is 2.24. The van der Waals surface area contributed by atoms with E-state index in [9.17, 15) is 0 Å². The summed E-state index contributed by atoms with van der Waals surface area (Å²) in [6.45, 7) is 0.536. The molecule has 1 saturated heterocycles. The van der Waals surface area contributed by atoms with Gasteiger partial charge in [-0.3, -0.25) is 0 Å². The quantitative estimate of drug-likeness (QED) is 0.496. The van der Waals surface area contributed by atoms with E-state index in [4.69, 9.17) is 17.3 Å². The average Bonchev–Trinajstić information content (AvgIpc) is 2.72. The summed E-state index contributed by atoms with van der Waals surface area (Å²) in [6.07, 6.45) is 0.0495. The zero-order chi connectivity index (χ0) is 10.7. The SMILES string of the molecule is NCC(c1cccc(Cl)c1)C1NNNN1. The maximum Gasteiger partial charge on any atom is 0.0939 e. The van der Waals surface area contributed by atoms with Gasteiger partial charge in [0.2, 0.25) is 0 Å². The van der Waals surface area contributed by atoms with Crippen LogP contribution in [0.3, 0.4) is 0 Å². The third-order valence-electron chi connectivity index (χ3n) is 2.45. The Morgan fingerprint density at radius 1 is 1.33 bits per heavy atom. The van der Waals surface area contributed by atoms with Crippen LogP contribution in [0.25, 0.3) is 0 Å². The van der Waals surface area contributed by atoms with Crippen LogP contribution in [0.15, 0.2) is 24.3 Å². The van der Waals surface area contributed by atoms with Crippen molar-refractivity contribution in [2.75, 3.05) is 6.54 Å². The molecule has 82 valence electrons. The highest BCUT2D eigenvalue weighted by molar-refractivity contribution is 6.30. The Kier molecular flexibility index (Phi) is 3.53. The standard InChI is InChI=1S/C9H14ClN5/c10-7-3-1-2-6(4-7)8(5-11)9-12-14-15-13-9/h1-4,8-9,12-15H,5,11H2. The highest BCUT2D eigenvalue weighted by Crippen LogP contribution is 2.21. The van der Waals surface area contributed by atoms with Crippen molar-refractivity contribution < 1.29 is 0 Å². The zero-order valence-corrected chi connectivity index (χ0v) is 8.88. The summed E-state index contributed by atoms with van der Waals surface area (Å²) in [7, 11) is 0. The Morgan fingerprint density at radius 3 is 2.67 bits per heavy atom. The van der Waals surface area contributed by atoms with Crippen LogP contribution in [0.2, 0.25) is 5.02 Å². The molecule has 1 unspecified atom stereocenters. The monoisotopic (exact) mass is 227 g/mol. The van der Waals surface area contributed by atoms with Crippen LogP contribution in [0.4, 0.5) is 0 Å². The number of hydrogen-bond acceptors (Lipinski definition) is 5. The van der Waals surface area contributed by atoms with Gasteiger partial charge in [-0.05, 0) is 17.7 Å². The van der Waals surface area contributed by atoms with E-state index in [1.54, 1.807) is 0 Å². The number of hydrogen-bond donors (Lipinski definition) is 5. The number of benzene rings is 1. The van der Waals surface area contributed by atoms with Gasteiger partial charge in [0.25, 0.3) is 0 Å². The van der Waals surface area contributed by atoms with Crippen LogP contribution in [0.5, 0.6) is 0 Å². The fourth-order valence-electron chi connectivity index (χ4n) is 1.67. The minimum absolute atomic E-state index is 0.0495. The van der Waals surface area contributed by atoms with Crippen molar-refractivity contribution in [1.82, 2.24) is 21.9 Å². The molecule has 1 atom stereocenters. The van der Waals surface area contributed by atoms with Crippen molar-refractivity contribution in [3.05, 3.63) is 34.9 Å². The van der Waals surface area contributed by atoms with Gasteiger partial charge in [-0.1, -0.05) is 23.7 Å². The van der Waals surface area contributed by atoms with Gasteiger partial charge in [-0.25, -0.2) is 10.9 Å². The first-order valence-corrected chi connectivity index (χ1v) is 5.15. The summed E-state index contributed by atoms with van der Waals surface area (Å²) in [5.74, 6) is 0.159. The van der Waals surface area contributed by atoms with E-state index in [1.165, 1.54) is 0 Å². The predicted octanol–water partition coefficient (Wildman–Crippen LogP) is -0.175. The lowest BCUT2D eigenvalue weighted by atomic mass is 9.96. The molecule has 0 aromatic heterocycles. The van der Waals surface area contributed by atoms with Crippen LogP contribution in [-0.2, 0) is 0 Å². The zero-order valence-electron chi connectivity index (χ0n) is 8.13. The molecular formula is C9H14ClN5. The summed E-state index contributed by atoms with van der Waals surface area (Å²) in [5, 5.41) is 0.727. The molecule has 0 bridgehead atoms. The topological polar surface area (TPSA) is 74.1 Å². The molecule has 1 aromatic carbocycles. The summed E-state index contributed by atoms with van der Waals surface area (Å²) in [6, 6.07) is 7.73. The number of halogens is 1. The molecule has 1 fully saturated rings. The smallest absolute Gasteiger partial charge is 0.0939 e. The third kappa shape index (κ3) is 2.46. The first-order chi connectivity index (χ1) is 7.31. The van der Waals surface area contributed by atoms with Crippen LogP contribution in [0, 0.1) is 0 Å². The summed E-state index contributed by atoms with van der Waals surface area (Å²) in [5.41, 5.74) is 18.5. The van der Waals surface area contributed by atoms with Crippen LogP contribution < -0.4 is 27.7 Å². The van der Waals surface area contributed by atoms with Gasteiger partial charge in [0, 0.05) is 17.5 Å². The van der Waals surface area contributed by atoms with Gasteiger partial charge in [0.05, 0.1) is 6.17 Å². The molecule has 0 spiro atoms. The Bertz CT molecular complexity index is 326. The molecule has 0 amide bonds. The van der Waals surface area contributed by atoms with Crippen LogP contribution in [0.1, 0.15) is 11.5 Å². The van der Waals surface area contributed by atoms with E-state index in [2.05, 4.69) is 21.9 Å². The van der Waals surface area contributed by atoms with E-state index in [0.29, 0.717) is 6.54 Å². The molecule has 0 radical (unpaired) electrons. The van der Waals surface area contributed by atoms with E-state index < -0.39 is 0 Å². The lowest BCUT2D eigenvalue weighted by Gasteiger charge is -2.21. The van der Waals surface area contributed by atoms with Crippen molar-refractivity contribution in [3.8, 4) is 0 Å². The first kappa shape index (κ1) is 10.8. The lowest BCUT2D eigenvalue weighted by molar-refractivity contribution is 0.436. The van der Waals surface area contributed by atoms with Gasteiger partial charge in [0.15, 0.2) is 0 Å². The second kappa shape index (κ2) is 4.89. The largest absolute Gasteiger partial charge is 0.330 e. The molecule has 1 aliphatic heterocycles. The van der Waals surface area contributed by atoms with Crippen molar-refractivity contribution in [2.24, 2.45) is 5.73 Å². The van der Waals surface area contributed by atoms with E-state index in [-0.39, 0.29) is 12.1 Å². The first-order valence-electron chi connectivity index (χ1n) is 4.78. The normalized spacial score (nSPS) is 19.3. The molecule has 0 saturated carbocycles. The number of hydrazine groups is 3. The predicted molar refractivity (Wildman–Crippen MR) is 59.6 cm³/mol. The summed E-state index contributed by atoms with van der Waals surface area (Å²) in [4.78, 5) is 0. The molecule has 15 heavy (non-hydrogen) atoms. The highest BCUT2D eigenvalue weighted by atomic mass is 35.5. The maximum absolute atomic E-state index is 5.94. The Hall–Kier alpha value is -0.690. The molecule has 5 nitrogen and oxygen atoms in total. The van der Waals surface area contributed by atoms with Gasteiger partial charge in [-0.2, -0.15) is 11.1 Å². The second-order valence-electron chi connectivity index (χ2n) is 3.41. The maximum atomic E-state index is 5.94. The molecule has 1 aliphatic rings. The van der Waals surface area contributed by atoms with E-state index in [0.717, 1.165) is 10.6 Å². The molecule has 6 heteroatoms. The number of rotatable bonds is 3. The Morgan fingerprint density at radius 2 is 2.07 bits per heavy atom. The van der Waals surface area contributed by atoms with Crippen molar-refractivity contribution in [2.45, 2.75) is 12.1 Å². The molecular weight excluding hydrogens is 214 g/mol. The minimum Gasteiger partial charge on any atom is -0.330 e. The van der Waals surface area contributed by atoms with Crippen molar-refractivity contribution in [3.63, 3.8) is 0 Å². The van der Waals surface area contributed by atoms with Gasteiger partial charge in [-0.15, -0.1) is 0 Å². The Labute approximate surface area is 93.3 Å². The third-order valence-corrected chi connectivity index (χ3v) is 2.69. The van der Waals surface area contributed by atoms with Gasteiger partial charge < -0.3 is 5.73 Å². The lowest BCUT2D eigenvalue weighted by Crippen LogP contribution is -2.42.